The summed E-state index contributed by atoms with van der Waals surface area (Å²) >= 11 is 5.57. The van der Waals surface area contributed by atoms with E-state index in [2.05, 4.69) is 41.8 Å². The fraction of sp³-hybridized carbons (Fsp3) is 0.786. The Morgan fingerprint density at radius 3 is 2.79 bits per heavy atom. The van der Waals surface area contributed by atoms with Gasteiger partial charge in [0.15, 0.2) is 0 Å². The van der Waals surface area contributed by atoms with Gasteiger partial charge in [0, 0.05) is 17.7 Å². The van der Waals surface area contributed by atoms with Crippen LogP contribution in [0.4, 0.5) is 0 Å². The van der Waals surface area contributed by atoms with Crippen molar-refractivity contribution in [3.63, 3.8) is 0 Å². The average molecular weight is 347 g/mol. The van der Waals surface area contributed by atoms with Gasteiger partial charge in [-0.05, 0) is 54.8 Å². The Morgan fingerprint density at radius 2 is 2.26 bits per heavy atom. The molecule has 3 nitrogen and oxygen atoms in total. The quantitative estimate of drug-likeness (QED) is 0.887. The van der Waals surface area contributed by atoms with E-state index in [4.69, 9.17) is 0 Å². The minimum absolute atomic E-state index is 0.00859. The highest BCUT2D eigenvalue weighted by Gasteiger charge is 2.37. The summed E-state index contributed by atoms with van der Waals surface area (Å²) in [6.07, 6.45) is 3.63. The minimum Gasteiger partial charge on any atom is -0.391 e. The minimum atomic E-state index is -0.303. The van der Waals surface area contributed by atoms with E-state index in [1.165, 1.54) is 12.2 Å². The third-order valence-corrected chi connectivity index (χ3v) is 6.58. The number of hydrogen-bond acceptors (Lipinski definition) is 3. The van der Waals surface area contributed by atoms with Crippen LogP contribution < -0.4 is 0 Å². The zero-order valence-corrected chi connectivity index (χ0v) is 14.4. The lowest BCUT2D eigenvalue weighted by atomic mass is 9.95. The van der Waals surface area contributed by atoms with Crippen molar-refractivity contribution in [1.29, 1.82) is 0 Å². The molecule has 1 saturated heterocycles. The van der Waals surface area contributed by atoms with Gasteiger partial charge in [-0.1, -0.05) is 6.92 Å². The van der Waals surface area contributed by atoms with Crippen molar-refractivity contribution in [1.82, 2.24) is 9.78 Å². The molecular weight excluding hydrogens is 324 g/mol. The van der Waals surface area contributed by atoms with Crippen LogP contribution in [0, 0.1) is 0 Å². The summed E-state index contributed by atoms with van der Waals surface area (Å²) in [6.45, 7) is 7.25. The maximum Gasteiger partial charge on any atom is 0.0766 e. The number of aromatic nitrogens is 2. The fourth-order valence-corrected chi connectivity index (χ4v) is 4.72. The van der Waals surface area contributed by atoms with Crippen LogP contribution in [0.1, 0.15) is 45.0 Å². The Bertz CT molecular complexity index is 441. The number of hydrogen-bond donors (Lipinski definition) is 1. The van der Waals surface area contributed by atoms with E-state index < -0.39 is 0 Å². The molecule has 0 bridgehead atoms. The van der Waals surface area contributed by atoms with Crippen molar-refractivity contribution in [2.24, 2.45) is 0 Å². The highest BCUT2D eigenvalue weighted by Crippen LogP contribution is 2.41. The molecule has 1 fully saturated rings. The van der Waals surface area contributed by atoms with Gasteiger partial charge in [-0.3, -0.25) is 4.68 Å². The first-order valence-electron chi connectivity index (χ1n) is 7.08. The zero-order valence-electron chi connectivity index (χ0n) is 11.9. The zero-order chi connectivity index (χ0) is 14.0. The van der Waals surface area contributed by atoms with Crippen molar-refractivity contribution in [3.05, 3.63) is 15.9 Å². The number of thioether (sulfide) groups is 1. The third kappa shape index (κ3) is 3.03. The van der Waals surface area contributed by atoms with E-state index in [1.54, 1.807) is 0 Å². The second-order valence-corrected chi connectivity index (χ2v) is 7.78. The maximum atomic E-state index is 10.6. The second-order valence-electron chi connectivity index (χ2n) is 5.36. The summed E-state index contributed by atoms with van der Waals surface area (Å²) in [5.41, 5.74) is 2.23. The lowest BCUT2D eigenvalue weighted by molar-refractivity contribution is 0.131. The molecule has 0 radical (unpaired) electrons. The summed E-state index contributed by atoms with van der Waals surface area (Å²) in [6, 6.07) is 0. The van der Waals surface area contributed by atoms with Crippen molar-refractivity contribution >= 4 is 27.7 Å². The predicted molar refractivity (Wildman–Crippen MR) is 84.8 cm³/mol. The van der Waals surface area contributed by atoms with E-state index in [0.717, 1.165) is 35.2 Å². The first-order valence-corrected chi connectivity index (χ1v) is 8.85. The number of aryl methyl sites for hydroxylation is 2. The molecule has 108 valence electrons. The van der Waals surface area contributed by atoms with Crippen molar-refractivity contribution in [3.8, 4) is 0 Å². The van der Waals surface area contributed by atoms with E-state index >= 15 is 0 Å². The van der Waals surface area contributed by atoms with Crippen LogP contribution in [0.5, 0.6) is 0 Å². The smallest absolute Gasteiger partial charge is 0.0766 e. The molecule has 1 N–H and O–H groups in total. The lowest BCUT2D eigenvalue weighted by Crippen LogP contribution is -2.36. The highest BCUT2D eigenvalue weighted by atomic mass is 79.9. The predicted octanol–water partition coefficient (Wildman–Crippen LogP) is 3.42. The maximum absolute atomic E-state index is 10.6. The Kier molecular flexibility index (Phi) is 5.01. The third-order valence-electron chi connectivity index (χ3n) is 4.04. The molecule has 2 atom stereocenters. The summed E-state index contributed by atoms with van der Waals surface area (Å²) in [4.78, 5) is 0. The van der Waals surface area contributed by atoms with Crippen LogP contribution in [0.3, 0.4) is 0 Å². The average Bonchev–Trinajstić information content (AvgIpc) is 2.96. The largest absolute Gasteiger partial charge is 0.391 e. The monoisotopic (exact) mass is 346 g/mol. The van der Waals surface area contributed by atoms with Crippen molar-refractivity contribution in [2.75, 3.05) is 5.75 Å². The first kappa shape index (κ1) is 15.4. The molecule has 19 heavy (non-hydrogen) atoms. The molecule has 0 amide bonds. The van der Waals surface area contributed by atoms with Crippen LogP contribution >= 0.6 is 27.7 Å². The topological polar surface area (TPSA) is 38.0 Å². The van der Waals surface area contributed by atoms with Crippen LogP contribution in [0.2, 0.25) is 0 Å². The van der Waals surface area contributed by atoms with Gasteiger partial charge in [-0.25, -0.2) is 0 Å². The van der Waals surface area contributed by atoms with Crippen LogP contribution in [0.25, 0.3) is 0 Å². The second kappa shape index (κ2) is 6.19. The summed E-state index contributed by atoms with van der Waals surface area (Å²) in [7, 11) is 0. The van der Waals surface area contributed by atoms with Crippen LogP contribution in [0.15, 0.2) is 4.47 Å². The number of rotatable bonds is 5. The summed E-state index contributed by atoms with van der Waals surface area (Å²) in [5.74, 6) is 1.17. The number of aliphatic hydroxyl groups excluding tert-OH is 1. The molecule has 0 aliphatic carbocycles. The van der Waals surface area contributed by atoms with E-state index in [0.29, 0.717) is 6.42 Å². The molecule has 2 unspecified atom stereocenters. The van der Waals surface area contributed by atoms with E-state index in [9.17, 15) is 5.11 Å². The van der Waals surface area contributed by atoms with Gasteiger partial charge >= 0.3 is 0 Å². The summed E-state index contributed by atoms with van der Waals surface area (Å²) in [5, 5.41) is 15.2. The van der Waals surface area contributed by atoms with Crippen molar-refractivity contribution in [2.45, 2.75) is 63.9 Å². The highest BCUT2D eigenvalue weighted by molar-refractivity contribution is 9.10. The summed E-state index contributed by atoms with van der Waals surface area (Å²) < 4.78 is 3.12. The Morgan fingerprint density at radius 1 is 1.53 bits per heavy atom. The van der Waals surface area contributed by atoms with Gasteiger partial charge in [-0.2, -0.15) is 16.9 Å². The number of aliphatic hydroxyl groups is 1. The van der Waals surface area contributed by atoms with Gasteiger partial charge in [-0.15, -0.1) is 0 Å². The van der Waals surface area contributed by atoms with E-state index in [-0.39, 0.29) is 10.9 Å². The molecule has 5 heteroatoms. The Balaban J connectivity index is 2.20. The Labute approximate surface area is 128 Å². The standard InChI is InChI=1S/C14H23BrN2OS/c1-4-10-13(15)11(17(5-2)16-10)9-12(18)14(3)7-6-8-19-14/h12,18H,4-9H2,1-3H3. The molecule has 1 aromatic rings. The van der Waals surface area contributed by atoms with Crippen LogP contribution in [-0.2, 0) is 19.4 Å². The fourth-order valence-electron chi connectivity index (χ4n) is 2.67. The van der Waals surface area contributed by atoms with Gasteiger partial charge in [0.25, 0.3) is 0 Å². The normalized spacial score (nSPS) is 24.9. The van der Waals surface area contributed by atoms with Gasteiger partial charge in [0.05, 0.1) is 22.0 Å². The molecule has 1 aromatic heterocycles. The molecule has 2 rings (SSSR count). The Hall–Kier alpha value is -0.000000000000000111. The van der Waals surface area contributed by atoms with Gasteiger partial charge in [0.1, 0.15) is 0 Å². The van der Waals surface area contributed by atoms with E-state index in [1.807, 2.05) is 16.4 Å². The van der Waals surface area contributed by atoms with Gasteiger partial charge in [0.2, 0.25) is 0 Å². The number of nitrogens with zero attached hydrogens (tertiary/aromatic N) is 2. The molecule has 2 heterocycles. The molecule has 0 aromatic carbocycles. The van der Waals surface area contributed by atoms with Crippen molar-refractivity contribution < 1.29 is 5.11 Å². The SMILES string of the molecule is CCc1nn(CC)c(CC(O)C2(C)CCCS2)c1Br. The van der Waals surface area contributed by atoms with Crippen LogP contribution in [-0.4, -0.2) is 31.5 Å². The van der Waals surface area contributed by atoms with Gasteiger partial charge < -0.3 is 5.11 Å². The molecule has 1 aliphatic rings. The number of halogens is 1. The lowest BCUT2D eigenvalue weighted by Gasteiger charge is -2.29. The molecule has 1 aliphatic heterocycles. The molecule has 0 saturated carbocycles. The first-order chi connectivity index (χ1) is 9.01. The molecule has 0 spiro atoms. The molecular formula is C14H23BrN2OS.